The highest BCUT2D eigenvalue weighted by molar-refractivity contribution is 6.10. The van der Waals surface area contributed by atoms with Gasteiger partial charge in [0.15, 0.2) is 11.5 Å². The average molecular weight is 388 g/mol. The number of rotatable bonds is 4. The van der Waals surface area contributed by atoms with E-state index in [0.717, 1.165) is 16.9 Å². The van der Waals surface area contributed by atoms with Gasteiger partial charge in [0.1, 0.15) is 0 Å². The minimum Gasteiger partial charge on any atom is -0.454 e. The lowest BCUT2D eigenvalue weighted by Crippen LogP contribution is -2.36. The number of carbonyl (C=O) groups is 1. The minimum absolute atomic E-state index is 0.159. The fraction of sp³-hybridized carbons (Fsp3) is 0.136. The summed E-state index contributed by atoms with van der Waals surface area (Å²) in [5, 5.41) is 6.02. The molecule has 7 heteroatoms. The van der Waals surface area contributed by atoms with Crippen molar-refractivity contribution < 1.29 is 14.3 Å². The molecule has 0 radical (unpaired) electrons. The molecule has 2 N–H and O–H groups in total. The molecule has 1 aliphatic rings. The van der Waals surface area contributed by atoms with Gasteiger partial charge in [0.2, 0.25) is 12.8 Å². The number of guanidine groups is 1. The standard InChI is InChI=1S/C22H20N4O3/c1-15-5-4-7-17(11-15)25-22(24-13-18-6-2-3-10-23-18)26-21(27)16-8-9-19-20(12-16)29-14-28-19/h2-12H,13-14H2,1H3,(H2,24,25,26,27). The lowest BCUT2D eigenvalue weighted by atomic mass is 10.2. The van der Waals surface area contributed by atoms with E-state index in [9.17, 15) is 4.79 Å². The van der Waals surface area contributed by atoms with Crippen LogP contribution >= 0.6 is 0 Å². The van der Waals surface area contributed by atoms with Gasteiger partial charge in [-0.15, -0.1) is 0 Å². The van der Waals surface area contributed by atoms with E-state index in [4.69, 9.17) is 9.47 Å². The van der Waals surface area contributed by atoms with Crippen LogP contribution in [-0.4, -0.2) is 23.6 Å². The van der Waals surface area contributed by atoms with E-state index in [1.165, 1.54) is 0 Å². The van der Waals surface area contributed by atoms with Crippen molar-refractivity contribution in [1.82, 2.24) is 10.3 Å². The van der Waals surface area contributed by atoms with E-state index >= 15 is 0 Å². The van der Waals surface area contributed by atoms with Gasteiger partial charge in [-0.05, 0) is 55.0 Å². The number of aromatic nitrogens is 1. The maximum atomic E-state index is 12.8. The third-order valence-electron chi connectivity index (χ3n) is 4.27. The normalized spacial score (nSPS) is 12.5. The summed E-state index contributed by atoms with van der Waals surface area (Å²) in [6, 6.07) is 18.5. The number of benzene rings is 2. The summed E-state index contributed by atoms with van der Waals surface area (Å²) in [5.74, 6) is 1.21. The summed E-state index contributed by atoms with van der Waals surface area (Å²) in [6.07, 6.45) is 1.71. The number of fused-ring (bicyclic) bond motifs is 1. The molecule has 146 valence electrons. The van der Waals surface area contributed by atoms with Gasteiger partial charge in [0.25, 0.3) is 5.91 Å². The zero-order valence-corrected chi connectivity index (χ0v) is 15.9. The Morgan fingerprint density at radius 2 is 1.97 bits per heavy atom. The lowest BCUT2D eigenvalue weighted by Gasteiger charge is -2.12. The quantitative estimate of drug-likeness (QED) is 0.528. The highest BCUT2D eigenvalue weighted by Crippen LogP contribution is 2.32. The Bertz CT molecular complexity index is 1050. The van der Waals surface area contributed by atoms with E-state index in [0.29, 0.717) is 29.6 Å². The lowest BCUT2D eigenvalue weighted by molar-refractivity contribution is 0.0976. The number of anilines is 1. The largest absolute Gasteiger partial charge is 0.454 e. The topological polar surface area (TPSA) is 84.8 Å². The van der Waals surface area contributed by atoms with Crippen molar-refractivity contribution in [3.8, 4) is 11.5 Å². The van der Waals surface area contributed by atoms with Gasteiger partial charge in [-0.2, -0.15) is 0 Å². The first-order chi connectivity index (χ1) is 14.2. The number of hydrogen-bond acceptors (Lipinski definition) is 5. The zero-order chi connectivity index (χ0) is 20.1. The predicted octanol–water partition coefficient (Wildman–Crippen LogP) is 3.52. The Morgan fingerprint density at radius 1 is 1.07 bits per heavy atom. The van der Waals surface area contributed by atoms with Crippen molar-refractivity contribution >= 4 is 17.6 Å². The van der Waals surface area contributed by atoms with Crippen LogP contribution in [0.3, 0.4) is 0 Å². The summed E-state index contributed by atoms with van der Waals surface area (Å²) in [6.45, 7) is 2.49. The number of aliphatic imine (C=N–C) groups is 1. The van der Waals surface area contributed by atoms with Crippen LogP contribution in [0.25, 0.3) is 0 Å². The van der Waals surface area contributed by atoms with Gasteiger partial charge in [-0.1, -0.05) is 18.2 Å². The Labute approximate surface area is 168 Å². The monoisotopic (exact) mass is 388 g/mol. The Kier molecular flexibility index (Phi) is 5.38. The van der Waals surface area contributed by atoms with Crippen LogP contribution < -0.4 is 20.1 Å². The van der Waals surface area contributed by atoms with Crippen LogP contribution in [0.15, 0.2) is 71.9 Å². The second-order valence-electron chi connectivity index (χ2n) is 6.50. The Morgan fingerprint density at radius 3 is 2.79 bits per heavy atom. The van der Waals surface area contributed by atoms with E-state index in [2.05, 4.69) is 20.6 Å². The molecule has 3 aromatic rings. The van der Waals surface area contributed by atoms with Crippen molar-refractivity contribution in [1.29, 1.82) is 0 Å². The molecular weight excluding hydrogens is 368 g/mol. The van der Waals surface area contributed by atoms with Crippen LogP contribution in [0.5, 0.6) is 11.5 Å². The van der Waals surface area contributed by atoms with Gasteiger partial charge in [-0.3, -0.25) is 15.1 Å². The molecule has 1 amide bonds. The first-order valence-corrected chi connectivity index (χ1v) is 9.16. The molecule has 0 spiro atoms. The number of aryl methyl sites for hydroxylation is 1. The van der Waals surface area contributed by atoms with E-state index in [1.807, 2.05) is 49.4 Å². The van der Waals surface area contributed by atoms with Crippen LogP contribution in [0, 0.1) is 6.92 Å². The molecular formula is C22H20N4O3. The fourth-order valence-electron chi connectivity index (χ4n) is 2.84. The summed E-state index contributed by atoms with van der Waals surface area (Å²) in [7, 11) is 0. The van der Waals surface area contributed by atoms with E-state index in [-0.39, 0.29) is 12.7 Å². The molecule has 0 aliphatic carbocycles. The van der Waals surface area contributed by atoms with Gasteiger partial charge in [-0.25, -0.2) is 4.99 Å². The molecule has 1 aromatic heterocycles. The average Bonchev–Trinajstić information content (AvgIpc) is 3.20. The second kappa shape index (κ2) is 8.43. The third-order valence-corrected chi connectivity index (χ3v) is 4.27. The first-order valence-electron chi connectivity index (χ1n) is 9.16. The summed E-state index contributed by atoms with van der Waals surface area (Å²) < 4.78 is 10.6. The molecule has 29 heavy (non-hydrogen) atoms. The highest BCUT2D eigenvalue weighted by atomic mass is 16.7. The maximum absolute atomic E-state index is 12.8. The molecule has 0 saturated carbocycles. The van der Waals surface area contributed by atoms with Crippen LogP contribution in [0.2, 0.25) is 0 Å². The summed E-state index contributed by atoms with van der Waals surface area (Å²) in [4.78, 5) is 21.6. The van der Waals surface area contributed by atoms with E-state index in [1.54, 1.807) is 24.4 Å². The van der Waals surface area contributed by atoms with Crippen molar-refractivity contribution in [2.24, 2.45) is 4.99 Å². The van der Waals surface area contributed by atoms with Crippen molar-refractivity contribution in [3.05, 3.63) is 83.7 Å². The van der Waals surface area contributed by atoms with E-state index < -0.39 is 0 Å². The molecule has 4 rings (SSSR count). The number of carbonyl (C=O) groups excluding carboxylic acids is 1. The van der Waals surface area contributed by atoms with Crippen molar-refractivity contribution in [3.63, 3.8) is 0 Å². The Balaban J connectivity index is 1.54. The number of hydrogen-bond donors (Lipinski definition) is 2. The first kappa shape index (κ1) is 18.5. The molecule has 2 aromatic carbocycles. The number of nitrogens with one attached hydrogen (secondary N) is 2. The SMILES string of the molecule is Cc1cccc(NC(=NCc2ccccn2)NC(=O)c2ccc3c(c2)OCO3)c1. The number of ether oxygens (including phenoxy) is 2. The molecule has 0 atom stereocenters. The molecule has 0 saturated heterocycles. The maximum Gasteiger partial charge on any atom is 0.258 e. The summed E-state index contributed by atoms with van der Waals surface area (Å²) >= 11 is 0. The second-order valence-corrected chi connectivity index (χ2v) is 6.50. The number of amides is 1. The van der Waals surface area contributed by atoms with Gasteiger partial charge in [0.05, 0.1) is 12.2 Å². The molecule has 7 nitrogen and oxygen atoms in total. The number of pyridine rings is 1. The minimum atomic E-state index is -0.303. The smallest absolute Gasteiger partial charge is 0.258 e. The molecule has 2 heterocycles. The third kappa shape index (κ3) is 4.70. The van der Waals surface area contributed by atoms with Crippen LogP contribution in [-0.2, 0) is 6.54 Å². The molecule has 0 bridgehead atoms. The highest BCUT2D eigenvalue weighted by Gasteiger charge is 2.17. The van der Waals surface area contributed by atoms with Gasteiger partial charge >= 0.3 is 0 Å². The molecule has 1 aliphatic heterocycles. The zero-order valence-electron chi connectivity index (χ0n) is 15.9. The number of nitrogens with zero attached hydrogens (tertiary/aromatic N) is 2. The van der Waals surface area contributed by atoms with Crippen LogP contribution in [0.1, 0.15) is 21.6 Å². The van der Waals surface area contributed by atoms with Crippen molar-refractivity contribution in [2.75, 3.05) is 12.1 Å². The fourth-order valence-corrected chi connectivity index (χ4v) is 2.84. The van der Waals surface area contributed by atoms with Gasteiger partial charge < -0.3 is 14.8 Å². The summed E-state index contributed by atoms with van der Waals surface area (Å²) in [5.41, 5.74) is 3.18. The van der Waals surface area contributed by atoms with Crippen molar-refractivity contribution in [2.45, 2.75) is 13.5 Å². The molecule has 0 unspecified atom stereocenters. The van der Waals surface area contributed by atoms with Crippen LogP contribution in [0.4, 0.5) is 5.69 Å². The van der Waals surface area contributed by atoms with Gasteiger partial charge in [0, 0.05) is 17.4 Å². The predicted molar refractivity (Wildman–Crippen MR) is 110 cm³/mol. The molecule has 0 fully saturated rings. The Hall–Kier alpha value is -3.87.